The molecule has 0 saturated carbocycles. The van der Waals surface area contributed by atoms with Crippen LogP contribution < -0.4 is 10.6 Å². The number of allylic oxidation sites excluding steroid dienone is 2. The van der Waals surface area contributed by atoms with Crippen LogP contribution in [0.2, 0.25) is 0 Å². The molecule has 0 aromatic carbocycles. The van der Waals surface area contributed by atoms with Gasteiger partial charge in [0.15, 0.2) is 0 Å². The molecular weight excluding hydrogens is 194 g/mol. The van der Waals surface area contributed by atoms with Crippen molar-refractivity contribution < 1.29 is 0 Å². The third kappa shape index (κ3) is 0.839. The van der Waals surface area contributed by atoms with Gasteiger partial charge in [-0.25, -0.2) is 0 Å². The van der Waals surface area contributed by atoms with Gasteiger partial charge >= 0.3 is 0 Å². The highest BCUT2D eigenvalue weighted by molar-refractivity contribution is 9.07. The SMILES string of the molecule is BrN1CNC2NC=CC=C21. The van der Waals surface area contributed by atoms with Gasteiger partial charge in [0.1, 0.15) is 6.17 Å². The van der Waals surface area contributed by atoms with Crippen molar-refractivity contribution in [3.63, 3.8) is 0 Å². The Bertz CT molecular complexity index is 199. The van der Waals surface area contributed by atoms with Crippen LogP contribution in [-0.2, 0) is 0 Å². The molecule has 1 unspecified atom stereocenters. The molecular formula is C6H8BrN3. The van der Waals surface area contributed by atoms with Gasteiger partial charge in [0.05, 0.1) is 28.5 Å². The Morgan fingerprint density at radius 2 is 2.60 bits per heavy atom. The van der Waals surface area contributed by atoms with Crippen LogP contribution in [0.1, 0.15) is 0 Å². The number of rotatable bonds is 0. The minimum Gasteiger partial charge on any atom is -0.371 e. The molecule has 2 heterocycles. The molecule has 1 fully saturated rings. The highest BCUT2D eigenvalue weighted by Crippen LogP contribution is 2.19. The third-order valence-electron chi connectivity index (χ3n) is 1.64. The molecule has 0 aromatic rings. The van der Waals surface area contributed by atoms with E-state index in [0.717, 1.165) is 6.67 Å². The summed E-state index contributed by atoms with van der Waals surface area (Å²) in [6.07, 6.45) is 6.31. The lowest BCUT2D eigenvalue weighted by atomic mass is 10.3. The van der Waals surface area contributed by atoms with Gasteiger partial charge in [-0.05, 0) is 18.4 Å². The molecule has 2 aliphatic heterocycles. The lowest BCUT2D eigenvalue weighted by molar-refractivity contribution is 0.600. The summed E-state index contributed by atoms with van der Waals surface area (Å²) >= 11 is 3.41. The Morgan fingerprint density at radius 3 is 3.40 bits per heavy atom. The molecule has 1 saturated heterocycles. The highest BCUT2D eigenvalue weighted by atomic mass is 79.9. The van der Waals surface area contributed by atoms with Crippen LogP contribution in [-0.4, -0.2) is 16.8 Å². The first-order valence-electron chi connectivity index (χ1n) is 3.17. The number of hydrogen-bond donors (Lipinski definition) is 2. The number of dihydropyridines is 1. The van der Waals surface area contributed by atoms with Gasteiger partial charge < -0.3 is 5.32 Å². The van der Waals surface area contributed by atoms with Gasteiger partial charge in [0, 0.05) is 0 Å². The van der Waals surface area contributed by atoms with Gasteiger partial charge in [0.25, 0.3) is 0 Å². The largest absolute Gasteiger partial charge is 0.371 e. The van der Waals surface area contributed by atoms with E-state index in [0.29, 0.717) is 6.17 Å². The van der Waals surface area contributed by atoms with Gasteiger partial charge in [0.2, 0.25) is 0 Å². The second-order valence-electron chi connectivity index (χ2n) is 2.27. The highest BCUT2D eigenvalue weighted by Gasteiger charge is 2.25. The molecule has 0 radical (unpaired) electrons. The van der Waals surface area contributed by atoms with E-state index >= 15 is 0 Å². The number of hydrogen-bond acceptors (Lipinski definition) is 3. The minimum atomic E-state index is 0.296. The maximum atomic E-state index is 3.41. The van der Waals surface area contributed by atoms with Crippen LogP contribution in [0.15, 0.2) is 24.0 Å². The van der Waals surface area contributed by atoms with E-state index < -0.39 is 0 Å². The van der Waals surface area contributed by atoms with E-state index in [4.69, 9.17) is 0 Å². The fourth-order valence-electron chi connectivity index (χ4n) is 1.13. The minimum absolute atomic E-state index is 0.296. The van der Waals surface area contributed by atoms with Crippen molar-refractivity contribution in [1.82, 2.24) is 14.6 Å². The molecule has 0 amide bonds. The fraction of sp³-hybridized carbons (Fsp3) is 0.333. The maximum Gasteiger partial charge on any atom is 0.120 e. The molecule has 54 valence electrons. The lowest BCUT2D eigenvalue weighted by Gasteiger charge is -2.16. The van der Waals surface area contributed by atoms with Crippen molar-refractivity contribution in [2.45, 2.75) is 6.17 Å². The van der Waals surface area contributed by atoms with Gasteiger partial charge in [-0.1, -0.05) is 0 Å². The Balaban J connectivity index is 2.25. The van der Waals surface area contributed by atoms with E-state index in [-0.39, 0.29) is 0 Å². The molecule has 2 rings (SSSR count). The summed E-state index contributed by atoms with van der Waals surface area (Å²) < 4.78 is 2.01. The molecule has 0 bridgehead atoms. The van der Waals surface area contributed by atoms with Crippen molar-refractivity contribution in [3.8, 4) is 0 Å². The summed E-state index contributed by atoms with van der Waals surface area (Å²) in [6.45, 7) is 0.852. The average molecular weight is 202 g/mol. The van der Waals surface area contributed by atoms with Crippen molar-refractivity contribution >= 4 is 16.1 Å². The topological polar surface area (TPSA) is 27.3 Å². The van der Waals surface area contributed by atoms with Crippen molar-refractivity contribution in [2.24, 2.45) is 0 Å². The standard InChI is InChI=1S/C6H8BrN3/c7-10-4-9-6-5(10)2-1-3-8-6/h1-3,6,8-9H,4H2. The fourth-order valence-corrected chi connectivity index (χ4v) is 1.60. The van der Waals surface area contributed by atoms with Crippen LogP contribution in [0.25, 0.3) is 0 Å². The summed E-state index contributed by atoms with van der Waals surface area (Å²) in [6, 6.07) is 0. The Hall–Kier alpha value is -0.480. The first-order chi connectivity index (χ1) is 4.88. The van der Waals surface area contributed by atoms with E-state index in [9.17, 15) is 0 Å². The Labute approximate surface area is 68.1 Å². The van der Waals surface area contributed by atoms with Crippen molar-refractivity contribution in [2.75, 3.05) is 6.67 Å². The second kappa shape index (κ2) is 2.29. The smallest absolute Gasteiger partial charge is 0.120 e. The number of nitrogens with zero attached hydrogens (tertiary/aromatic N) is 1. The first-order valence-corrected chi connectivity index (χ1v) is 3.88. The summed E-state index contributed by atoms with van der Waals surface area (Å²) in [7, 11) is 0. The molecule has 0 aromatic heterocycles. The second-order valence-corrected chi connectivity index (χ2v) is 3.13. The predicted octanol–water partition coefficient (Wildman–Crippen LogP) is 0.486. The number of fused-ring (bicyclic) bond motifs is 1. The number of halogens is 1. The normalized spacial score (nSPS) is 29.5. The molecule has 0 aliphatic carbocycles. The zero-order valence-electron chi connectivity index (χ0n) is 5.34. The monoisotopic (exact) mass is 201 g/mol. The average Bonchev–Trinajstić information content (AvgIpc) is 2.34. The molecule has 10 heavy (non-hydrogen) atoms. The first kappa shape index (κ1) is 6.24. The third-order valence-corrected chi connectivity index (χ3v) is 2.30. The van der Waals surface area contributed by atoms with Crippen LogP contribution in [0.5, 0.6) is 0 Å². The van der Waals surface area contributed by atoms with E-state index in [1.807, 2.05) is 16.2 Å². The quantitative estimate of drug-likeness (QED) is 0.559. The van der Waals surface area contributed by atoms with Crippen LogP contribution in [0.4, 0.5) is 0 Å². The molecule has 1 atom stereocenters. The molecule has 2 aliphatic rings. The van der Waals surface area contributed by atoms with Gasteiger partial charge in [-0.15, -0.1) is 0 Å². The zero-order valence-corrected chi connectivity index (χ0v) is 6.93. The van der Waals surface area contributed by atoms with Crippen molar-refractivity contribution in [3.05, 3.63) is 24.0 Å². The van der Waals surface area contributed by atoms with Crippen LogP contribution in [0.3, 0.4) is 0 Å². The zero-order chi connectivity index (χ0) is 6.97. The molecule has 3 nitrogen and oxygen atoms in total. The molecule has 4 heteroatoms. The lowest BCUT2D eigenvalue weighted by Crippen LogP contribution is -2.36. The maximum absolute atomic E-state index is 3.41. The summed E-state index contributed by atoms with van der Waals surface area (Å²) in [5, 5.41) is 6.44. The summed E-state index contributed by atoms with van der Waals surface area (Å²) in [5.74, 6) is 0. The van der Waals surface area contributed by atoms with Gasteiger partial charge in [-0.3, -0.25) is 9.24 Å². The van der Waals surface area contributed by atoms with E-state index in [1.165, 1.54) is 5.70 Å². The van der Waals surface area contributed by atoms with Gasteiger partial charge in [-0.2, -0.15) is 0 Å². The molecule has 0 spiro atoms. The Kier molecular flexibility index (Phi) is 1.43. The number of nitrogens with one attached hydrogen (secondary N) is 2. The van der Waals surface area contributed by atoms with Crippen molar-refractivity contribution in [1.29, 1.82) is 0 Å². The molecule has 2 N–H and O–H groups in total. The predicted molar refractivity (Wildman–Crippen MR) is 42.9 cm³/mol. The van der Waals surface area contributed by atoms with E-state index in [1.54, 1.807) is 0 Å². The summed E-state index contributed by atoms with van der Waals surface area (Å²) in [5.41, 5.74) is 1.24. The van der Waals surface area contributed by atoms with E-state index in [2.05, 4.69) is 32.9 Å². The van der Waals surface area contributed by atoms with Crippen LogP contribution in [0, 0.1) is 0 Å². The Morgan fingerprint density at radius 1 is 1.70 bits per heavy atom. The summed E-state index contributed by atoms with van der Waals surface area (Å²) in [4.78, 5) is 0. The van der Waals surface area contributed by atoms with Crippen LogP contribution >= 0.6 is 16.1 Å².